The number of carbonyl (C=O) groups is 2. The summed E-state index contributed by atoms with van der Waals surface area (Å²) in [5, 5.41) is 15.7. The summed E-state index contributed by atoms with van der Waals surface area (Å²) in [5.74, 6) is 1.01. The monoisotopic (exact) mass is 407 g/mol. The van der Waals surface area contributed by atoms with E-state index >= 15 is 0 Å². The molecule has 0 saturated carbocycles. The first-order valence-corrected chi connectivity index (χ1v) is 10.4. The van der Waals surface area contributed by atoms with Gasteiger partial charge in [0.1, 0.15) is 5.75 Å². The summed E-state index contributed by atoms with van der Waals surface area (Å²) in [6.07, 6.45) is 2.79. The quantitative estimate of drug-likeness (QED) is 0.353. The van der Waals surface area contributed by atoms with Crippen molar-refractivity contribution in [2.24, 2.45) is 11.7 Å². The minimum absolute atomic E-state index is 0.0205. The maximum Gasteiger partial charge on any atom is 0.222 e. The Morgan fingerprint density at radius 2 is 1.76 bits per heavy atom. The maximum absolute atomic E-state index is 11.9. The molecular formula is C22H37N3O4. The first-order valence-electron chi connectivity index (χ1n) is 10.4. The van der Waals surface area contributed by atoms with Gasteiger partial charge in [-0.2, -0.15) is 0 Å². The van der Waals surface area contributed by atoms with Gasteiger partial charge >= 0.3 is 0 Å². The fourth-order valence-electron chi connectivity index (χ4n) is 2.96. The molecule has 0 heterocycles. The molecule has 1 aromatic rings. The van der Waals surface area contributed by atoms with Crippen LogP contribution in [0.3, 0.4) is 0 Å². The molecule has 0 fully saturated rings. The highest BCUT2D eigenvalue weighted by atomic mass is 16.5. The lowest BCUT2D eigenvalue weighted by Crippen LogP contribution is -2.39. The number of rotatable bonds is 14. The number of unbranched alkanes of at least 4 members (excludes halogenated alkanes) is 2. The summed E-state index contributed by atoms with van der Waals surface area (Å²) < 4.78 is 5.11. The van der Waals surface area contributed by atoms with Gasteiger partial charge < -0.3 is 26.2 Å². The number of aliphatic hydroxyl groups is 1. The lowest BCUT2D eigenvalue weighted by atomic mass is 9.98. The summed E-state index contributed by atoms with van der Waals surface area (Å²) in [5.41, 5.74) is 6.92. The fourth-order valence-corrected chi connectivity index (χ4v) is 2.96. The van der Waals surface area contributed by atoms with E-state index in [-0.39, 0.29) is 24.3 Å². The summed E-state index contributed by atoms with van der Waals surface area (Å²) in [6, 6.07) is 7.21. The molecule has 7 nitrogen and oxygen atoms in total. The van der Waals surface area contributed by atoms with Gasteiger partial charge in [0, 0.05) is 25.6 Å². The third kappa shape index (κ3) is 11.5. The van der Waals surface area contributed by atoms with E-state index in [4.69, 9.17) is 10.5 Å². The van der Waals surface area contributed by atoms with Crippen LogP contribution in [0.2, 0.25) is 0 Å². The van der Waals surface area contributed by atoms with Gasteiger partial charge in [-0.25, -0.2) is 0 Å². The molecular weight excluding hydrogens is 370 g/mol. The number of benzene rings is 1. The highest BCUT2D eigenvalue weighted by molar-refractivity contribution is 5.76. The number of carbonyl (C=O) groups excluding carboxylic acids is 2. The Balaban J connectivity index is 2.06. The molecule has 0 spiro atoms. The number of amides is 2. The Labute approximate surface area is 174 Å². The van der Waals surface area contributed by atoms with E-state index in [0.29, 0.717) is 31.8 Å². The zero-order chi connectivity index (χ0) is 21.6. The molecule has 0 bridgehead atoms. The third-order valence-electron chi connectivity index (χ3n) is 4.68. The van der Waals surface area contributed by atoms with Gasteiger partial charge in [-0.1, -0.05) is 32.4 Å². The normalized spacial score (nSPS) is 13.0. The number of methoxy groups -OCH3 is 1. The molecule has 164 valence electrons. The van der Waals surface area contributed by atoms with E-state index in [0.717, 1.165) is 30.6 Å². The average molecular weight is 408 g/mol. The standard InChI is InChI=1S/C22H37N3O4/c1-16(2)13-19(23)20(26)14-22(28)24-12-6-4-5-7-21(27)25-15-17-8-10-18(29-3)11-9-17/h8-11,16,19-20,26H,4-7,12-15,23H2,1-3H3,(H,24,28)(H,25,27)/t19-,20-/m0/s1. The van der Waals surface area contributed by atoms with Crippen LogP contribution in [0, 0.1) is 5.92 Å². The minimum atomic E-state index is -0.813. The second-order valence-corrected chi connectivity index (χ2v) is 7.85. The van der Waals surface area contributed by atoms with Crippen LogP contribution in [0.1, 0.15) is 57.9 Å². The van der Waals surface area contributed by atoms with E-state index in [1.165, 1.54) is 0 Å². The predicted molar refractivity (Wildman–Crippen MR) is 114 cm³/mol. The van der Waals surface area contributed by atoms with E-state index in [1.54, 1.807) is 7.11 Å². The number of nitrogens with two attached hydrogens (primary N) is 1. The van der Waals surface area contributed by atoms with Crippen molar-refractivity contribution < 1.29 is 19.4 Å². The zero-order valence-electron chi connectivity index (χ0n) is 17.9. The molecule has 2 atom stereocenters. The number of nitrogens with one attached hydrogen (secondary N) is 2. The Morgan fingerprint density at radius 3 is 2.38 bits per heavy atom. The first kappa shape index (κ1) is 24.9. The van der Waals surface area contributed by atoms with Crippen molar-refractivity contribution in [2.45, 2.75) is 71.1 Å². The van der Waals surface area contributed by atoms with Gasteiger partial charge in [0.25, 0.3) is 0 Å². The highest BCUT2D eigenvalue weighted by Crippen LogP contribution is 2.11. The van der Waals surface area contributed by atoms with Gasteiger partial charge in [0.05, 0.1) is 19.6 Å². The molecule has 0 unspecified atom stereocenters. The van der Waals surface area contributed by atoms with Gasteiger partial charge in [-0.3, -0.25) is 9.59 Å². The second-order valence-electron chi connectivity index (χ2n) is 7.85. The molecule has 0 aliphatic heterocycles. The smallest absolute Gasteiger partial charge is 0.222 e. The van der Waals surface area contributed by atoms with Gasteiger partial charge in [0.2, 0.25) is 11.8 Å². The van der Waals surface area contributed by atoms with E-state index in [2.05, 4.69) is 10.6 Å². The Bertz CT molecular complexity index is 605. The number of ether oxygens (including phenoxy) is 1. The van der Waals surface area contributed by atoms with E-state index < -0.39 is 6.10 Å². The van der Waals surface area contributed by atoms with Crippen molar-refractivity contribution in [3.8, 4) is 5.75 Å². The fraction of sp³-hybridized carbons (Fsp3) is 0.636. The predicted octanol–water partition coefficient (Wildman–Crippen LogP) is 2.11. The summed E-state index contributed by atoms with van der Waals surface area (Å²) in [6.45, 7) is 5.11. The Morgan fingerprint density at radius 1 is 1.07 bits per heavy atom. The van der Waals surface area contributed by atoms with Crippen molar-refractivity contribution in [2.75, 3.05) is 13.7 Å². The van der Waals surface area contributed by atoms with Crippen LogP contribution >= 0.6 is 0 Å². The van der Waals surface area contributed by atoms with Crippen LogP contribution in [0.25, 0.3) is 0 Å². The number of hydrogen-bond acceptors (Lipinski definition) is 5. The average Bonchev–Trinajstić information content (AvgIpc) is 2.68. The maximum atomic E-state index is 11.9. The first-order chi connectivity index (χ1) is 13.8. The van der Waals surface area contributed by atoms with E-state index in [9.17, 15) is 14.7 Å². The number of hydrogen-bond donors (Lipinski definition) is 4. The molecule has 29 heavy (non-hydrogen) atoms. The summed E-state index contributed by atoms with van der Waals surface area (Å²) in [7, 11) is 1.62. The van der Waals surface area contributed by atoms with Crippen molar-refractivity contribution in [1.29, 1.82) is 0 Å². The lowest BCUT2D eigenvalue weighted by Gasteiger charge is -2.20. The summed E-state index contributed by atoms with van der Waals surface area (Å²) >= 11 is 0. The van der Waals surface area contributed by atoms with Gasteiger partial charge in [-0.15, -0.1) is 0 Å². The second kappa shape index (κ2) is 14.0. The van der Waals surface area contributed by atoms with Gasteiger partial charge in [0.15, 0.2) is 0 Å². The molecule has 1 aromatic carbocycles. The molecule has 0 aliphatic carbocycles. The van der Waals surface area contributed by atoms with Crippen molar-refractivity contribution >= 4 is 11.8 Å². The lowest BCUT2D eigenvalue weighted by molar-refractivity contribution is -0.123. The Kier molecular flexibility index (Phi) is 12.0. The van der Waals surface area contributed by atoms with Crippen LogP contribution in [0.5, 0.6) is 5.75 Å². The minimum Gasteiger partial charge on any atom is -0.497 e. The largest absolute Gasteiger partial charge is 0.497 e. The molecule has 0 radical (unpaired) electrons. The molecule has 5 N–H and O–H groups in total. The van der Waals surface area contributed by atoms with Crippen LogP contribution < -0.4 is 21.1 Å². The molecule has 1 rings (SSSR count). The van der Waals surface area contributed by atoms with Crippen LogP contribution in [-0.4, -0.2) is 42.7 Å². The topological polar surface area (TPSA) is 114 Å². The SMILES string of the molecule is COc1ccc(CNC(=O)CCCCCNC(=O)C[C@H](O)[C@@H](N)CC(C)C)cc1. The molecule has 0 saturated heterocycles. The molecule has 0 aromatic heterocycles. The molecule has 0 aliphatic rings. The van der Waals surface area contributed by atoms with Crippen molar-refractivity contribution in [3.05, 3.63) is 29.8 Å². The summed E-state index contributed by atoms with van der Waals surface area (Å²) in [4.78, 5) is 23.7. The van der Waals surface area contributed by atoms with Crippen LogP contribution in [0.4, 0.5) is 0 Å². The molecule has 2 amide bonds. The van der Waals surface area contributed by atoms with Crippen LogP contribution in [-0.2, 0) is 16.1 Å². The van der Waals surface area contributed by atoms with Crippen molar-refractivity contribution in [3.63, 3.8) is 0 Å². The highest BCUT2D eigenvalue weighted by Gasteiger charge is 2.19. The van der Waals surface area contributed by atoms with Gasteiger partial charge in [-0.05, 0) is 42.9 Å². The zero-order valence-corrected chi connectivity index (χ0v) is 17.9. The van der Waals surface area contributed by atoms with Crippen LogP contribution in [0.15, 0.2) is 24.3 Å². The van der Waals surface area contributed by atoms with Crippen molar-refractivity contribution in [1.82, 2.24) is 10.6 Å². The third-order valence-corrected chi connectivity index (χ3v) is 4.68. The Hall–Kier alpha value is -2.12. The number of aliphatic hydroxyl groups excluding tert-OH is 1. The van der Waals surface area contributed by atoms with E-state index in [1.807, 2.05) is 38.1 Å². The molecule has 7 heteroatoms.